The van der Waals surface area contributed by atoms with Gasteiger partial charge in [-0.2, -0.15) is 0 Å². The molecule has 0 bridgehead atoms. The summed E-state index contributed by atoms with van der Waals surface area (Å²) >= 11 is 12.0. The highest BCUT2D eigenvalue weighted by Crippen LogP contribution is 2.25. The number of anilines is 3. The lowest BCUT2D eigenvalue weighted by atomic mass is 10.2. The molecule has 0 aromatic heterocycles. The summed E-state index contributed by atoms with van der Waals surface area (Å²) in [6.45, 7) is 0.0145. The third kappa shape index (κ3) is 5.49. The molecule has 2 amide bonds. The number of amides is 2. The van der Waals surface area contributed by atoms with Gasteiger partial charge in [0.1, 0.15) is 0 Å². The minimum absolute atomic E-state index is 0.0145. The van der Waals surface area contributed by atoms with Gasteiger partial charge in [0.05, 0.1) is 17.3 Å². The van der Waals surface area contributed by atoms with E-state index in [4.69, 9.17) is 23.2 Å². The predicted molar refractivity (Wildman–Crippen MR) is 114 cm³/mol. The van der Waals surface area contributed by atoms with Crippen LogP contribution < -0.4 is 16.0 Å². The second-order valence-electron chi connectivity index (χ2n) is 5.93. The van der Waals surface area contributed by atoms with Gasteiger partial charge in [-0.05, 0) is 48.5 Å². The normalized spacial score (nSPS) is 10.2. The largest absolute Gasteiger partial charge is 0.375 e. The molecule has 3 aromatic carbocycles. The maximum Gasteiger partial charge on any atom is 0.255 e. The number of benzene rings is 3. The van der Waals surface area contributed by atoms with Crippen molar-refractivity contribution in [1.82, 2.24) is 0 Å². The number of rotatable bonds is 6. The number of nitrogens with one attached hydrogen (secondary N) is 3. The number of hydrogen-bond acceptors (Lipinski definition) is 3. The van der Waals surface area contributed by atoms with Crippen LogP contribution in [-0.4, -0.2) is 18.4 Å². The van der Waals surface area contributed by atoms with E-state index in [1.807, 2.05) is 6.07 Å². The predicted octanol–water partition coefficient (Wildman–Crippen LogP) is 5.30. The van der Waals surface area contributed by atoms with Gasteiger partial charge in [0.25, 0.3) is 5.91 Å². The summed E-state index contributed by atoms with van der Waals surface area (Å²) in [4.78, 5) is 24.4. The van der Waals surface area contributed by atoms with Crippen molar-refractivity contribution in [3.63, 3.8) is 0 Å². The van der Waals surface area contributed by atoms with E-state index in [2.05, 4.69) is 16.0 Å². The maximum atomic E-state index is 12.2. The van der Waals surface area contributed by atoms with Crippen molar-refractivity contribution in [2.45, 2.75) is 0 Å². The van der Waals surface area contributed by atoms with Gasteiger partial charge in [-0.3, -0.25) is 9.59 Å². The summed E-state index contributed by atoms with van der Waals surface area (Å²) in [5.74, 6) is -0.482. The maximum absolute atomic E-state index is 12.2. The molecule has 0 saturated carbocycles. The van der Waals surface area contributed by atoms with Gasteiger partial charge >= 0.3 is 0 Å². The Balaban J connectivity index is 1.58. The van der Waals surface area contributed by atoms with Crippen LogP contribution in [0.5, 0.6) is 0 Å². The lowest BCUT2D eigenvalue weighted by Crippen LogP contribution is -2.22. The molecule has 0 heterocycles. The molecule has 3 N–H and O–H groups in total. The highest BCUT2D eigenvalue weighted by Gasteiger charge is 2.08. The van der Waals surface area contributed by atoms with E-state index in [9.17, 15) is 9.59 Å². The fraction of sp³-hybridized carbons (Fsp3) is 0.0476. The molecule has 0 fully saturated rings. The van der Waals surface area contributed by atoms with Crippen molar-refractivity contribution in [3.05, 3.63) is 88.4 Å². The molecular formula is C21H17Cl2N3O2. The SMILES string of the molecule is O=C(CNc1cc(Cl)ccc1Cl)Nc1cccc(NC(=O)c2ccccc2)c1. The van der Waals surface area contributed by atoms with Crippen molar-refractivity contribution < 1.29 is 9.59 Å². The first-order valence-electron chi connectivity index (χ1n) is 8.46. The van der Waals surface area contributed by atoms with Crippen molar-refractivity contribution in [2.75, 3.05) is 22.5 Å². The number of carbonyl (C=O) groups excluding carboxylic acids is 2. The summed E-state index contributed by atoms with van der Waals surface area (Å²) in [7, 11) is 0. The molecule has 5 nitrogen and oxygen atoms in total. The molecule has 28 heavy (non-hydrogen) atoms. The van der Waals surface area contributed by atoms with E-state index in [-0.39, 0.29) is 18.4 Å². The van der Waals surface area contributed by atoms with Gasteiger partial charge in [-0.15, -0.1) is 0 Å². The topological polar surface area (TPSA) is 70.2 Å². The van der Waals surface area contributed by atoms with E-state index in [0.29, 0.717) is 32.7 Å². The molecule has 0 aliphatic carbocycles. The smallest absolute Gasteiger partial charge is 0.255 e. The minimum atomic E-state index is -0.262. The standard InChI is InChI=1S/C21H17Cl2N3O2/c22-15-9-10-18(23)19(11-15)24-13-20(27)25-16-7-4-8-17(12-16)26-21(28)14-5-2-1-3-6-14/h1-12,24H,13H2,(H,25,27)(H,26,28). The first-order chi connectivity index (χ1) is 13.5. The molecule has 0 atom stereocenters. The summed E-state index contributed by atoms with van der Waals surface area (Å²) in [6.07, 6.45) is 0. The summed E-state index contributed by atoms with van der Waals surface area (Å²) in [5, 5.41) is 9.52. The van der Waals surface area contributed by atoms with Crippen LogP contribution in [0.3, 0.4) is 0 Å². The highest BCUT2D eigenvalue weighted by atomic mass is 35.5. The van der Waals surface area contributed by atoms with E-state index < -0.39 is 0 Å². The average molecular weight is 414 g/mol. The van der Waals surface area contributed by atoms with Crippen LogP contribution in [-0.2, 0) is 4.79 Å². The van der Waals surface area contributed by atoms with Crippen molar-refractivity contribution in [3.8, 4) is 0 Å². The zero-order valence-corrected chi connectivity index (χ0v) is 16.2. The monoisotopic (exact) mass is 413 g/mol. The quantitative estimate of drug-likeness (QED) is 0.513. The summed E-state index contributed by atoms with van der Waals surface area (Å²) in [6, 6.07) is 20.8. The fourth-order valence-corrected chi connectivity index (χ4v) is 2.84. The lowest BCUT2D eigenvalue weighted by Gasteiger charge is -2.11. The summed E-state index contributed by atoms with van der Waals surface area (Å²) < 4.78 is 0. The first-order valence-corrected chi connectivity index (χ1v) is 9.22. The second kappa shape index (κ2) is 9.26. The van der Waals surface area contributed by atoms with E-state index >= 15 is 0 Å². The minimum Gasteiger partial charge on any atom is -0.375 e. The van der Waals surface area contributed by atoms with Crippen LogP contribution in [0.25, 0.3) is 0 Å². The van der Waals surface area contributed by atoms with E-state index in [1.54, 1.807) is 66.7 Å². The fourth-order valence-electron chi connectivity index (χ4n) is 2.48. The molecule has 0 unspecified atom stereocenters. The Morgan fingerprint density at radius 3 is 2.25 bits per heavy atom. The zero-order chi connectivity index (χ0) is 19.9. The highest BCUT2D eigenvalue weighted by molar-refractivity contribution is 6.35. The van der Waals surface area contributed by atoms with Crippen molar-refractivity contribution >= 4 is 52.1 Å². The number of halogens is 2. The second-order valence-corrected chi connectivity index (χ2v) is 6.77. The third-order valence-electron chi connectivity index (χ3n) is 3.81. The Kier molecular flexibility index (Phi) is 6.53. The van der Waals surface area contributed by atoms with Crippen LogP contribution in [0.4, 0.5) is 17.1 Å². The molecule has 0 aliphatic rings. The number of hydrogen-bond donors (Lipinski definition) is 3. The van der Waals surface area contributed by atoms with Crippen LogP contribution in [0.1, 0.15) is 10.4 Å². The van der Waals surface area contributed by atoms with E-state index in [0.717, 1.165) is 0 Å². The molecule has 0 saturated heterocycles. The van der Waals surface area contributed by atoms with Gasteiger partial charge in [0.15, 0.2) is 0 Å². The molecule has 0 spiro atoms. The van der Waals surface area contributed by atoms with Crippen LogP contribution in [0.15, 0.2) is 72.8 Å². The van der Waals surface area contributed by atoms with Gasteiger partial charge in [-0.25, -0.2) is 0 Å². The Bertz CT molecular complexity index is 994. The molecule has 3 aromatic rings. The van der Waals surface area contributed by atoms with Crippen molar-refractivity contribution in [2.24, 2.45) is 0 Å². The van der Waals surface area contributed by atoms with E-state index in [1.165, 1.54) is 0 Å². The van der Waals surface area contributed by atoms with Crippen LogP contribution in [0, 0.1) is 0 Å². The Morgan fingerprint density at radius 2 is 1.50 bits per heavy atom. The van der Waals surface area contributed by atoms with Crippen LogP contribution in [0.2, 0.25) is 10.0 Å². The Hall–Kier alpha value is -3.02. The average Bonchev–Trinajstić information content (AvgIpc) is 2.69. The van der Waals surface area contributed by atoms with Gasteiger partial charge in [0, 0.05) is 22.0 Å². The molecular weight excluding hydrogens is 397 g/mol. The van der Waals surface area contributed by atoms with Gasteiger partial charge < -0.3 is 16.0 Å². The lowest BCUT2D eigenvalue weighted by molar-refractivity contribution is -0.114. The molecule has 0 radical (unpaired) electrons. The molecule has 3 rings (SSSR count). The zero-order valence-electron chi connectivity index (χ0n) is 14.7. The molecule has 142 valence electrons. The molecule has 7 heteroatoms. The molecule has 0 aliphatic heterocycles. The first kappa shape index (κ1) is 19.7. The van der Waals surface area contributed by atoms with Gasteiger partial charge in [0.2, 0.25) is 5.91 Å². The third-order valence-corrected chi connectivity index (χ3v) is 4.37. The van der Waals surface area contributed by atoms with Crippen LogP contribution >= 0.6 is 23.2 Å². The van der Waals surface area contributed by atoms with Crippen molar-refractivity contribution in [1.29, 1.82) is 0 Å². The Morgan fingerprint density at radius 1 is 0.786 bits per heavy atom. The van der Waals surface area contributed by atoms with Gasteiger partial charge in [-0.1, -0.05) is 47.5 Å². The Labute approximate surface area is 172 Å². The number of carbonyl (C=O) groups is 2. The summed E-state index contributed by atoms with van der Waals surface area (Å²) in [5.41, 5.74) is 2.28.